The number of hydrogen-bond acceptors (Lipinski definition) is 2. The first-order valence-corrected chi connectivity index (χ1v) is 5.46. The molecule has 7 heteroatoms. The molecule has 0 saturated carbocycles. The third-order valence-corrected chi connectivity index (χ3v) is 2.59. The molecule has 0 aliphatic carbocycles. The highest BCUT2D eigenvalue weighted by Crippen LogP contribution is 2.38. The van der Waals surface area contributed by atoms with Crippen LogP contribution in [0, 0.1) is 0 Å². The number of carbonyl (C=O) groups excluding carboxylic acids is 1. The van der Waals surface area contributed by atoms with Crippen molar-refractivity contribution >= 4 is 33.3 Å². The summed E-state index contributed by atoms with van der Waals surface area (Å²) in [7, 11) is 0. The molecule has 0 radical (unpaired) electrons. The molecule has 0 bridgehead atoms. The van der Waals surface area contributed by atoms with E-state index in [2.05, 4.69) is 15.9 Å². The molecule has 0 aliphatic rings. The van der Waals surface area contributed by atoms with Crippen LogP contribution in [0.4, 0.5) is 13.2 Å². The summed E-state index contributed by atoms with van der Waals surface area (Å²) in [6, 6.07) is 1.37. The smallest absolute Gasteiger partial charge is 0.417 e. The quantitative estimate of drug-likeness (QED) is 0.668. The zero-order valence-electron chi connectivity index (χ0n) is 7.61. The van der Waals surface area contributed by atoms with E-state index in [1.807, 2.05) is 0 Å². The van der Waals surface area contributed by atoms with Crippen molar-refractivity contribution in [3.05, 3.63) is 28.3 Å². The first-order chi connectivity index (χ1) is 7.27. The Balaban J connectivity index is 3.51. The van der Waals surface area contributed by atoms with Gasteiger partial charge in [-0.15, -0.1) is 0 Å². The van der Waals surface area contributed by atoms with E-state index in [9.17, 15) is 18.0 Å². The SMILES string of the molecule is O=C(CBr)c1c(Cl)cc(O)cc1C(F)(F)F. The van der Waals surface area contributed by atoms with Gasteiger partial charge in [0.05, 0.1) is 15.9 Å². The molecule has 2 nitrogen and oxygen atoms in total. The fourth-order valence-electron chi connectivity index (χ4n) is 1.17. The molecule has 1 aromatic carbocycles. The van der Waals surface area contributed by atoms with Crippen LogP contribution in [0.25, 0.3) is 0 Å². The van der Waals surface area contributed by atoms with E-state index < -0.39 is 33.9 Å². The lowest BCUT2D eigenvalue weighted by atomic mass is 10.0. The number of aromatic hydroxyl groups is 1. The molecule has 0 atom stereocenters. The third-order valence-electron chi connectivity index (χ3n) is 1.78. The van der Waals surface area contributed by atoms with Crippen LogP contribution >= 0.6 is 27.5 Å². The van der Waals surface area contributed by atoms with E-state index in [0.29, 0.717) is 6.07 Å². The van der Waals surface area contributed by atoms with E-state index in [1.54, 1.807) is 0 Å². The molecule has 88 valence electrons. The van der Waals surface area contributed by atoms with Crippen LogP contribution in [-0.2, 0) is 6.18 Å². The van der Waals surface area contributed by atoms with Gasteiger partial charge in [-0.3, -0.25) is 4.79 Å². The fourth-order valence-corrected chi connectivity index (χ4v) is 1.77. The van der Waals surface area contributed by atoms with Crippen molar-refractivity contribution < 1.29 is 23.1 Å². The number of rotatable bonds is 2. The van der Waals surface area contributed by atoms with E-state index in [4.69, 9.17) is 16.7 Å². The Kier molecular flexibility index (Phi) is 3.85. The lowest BCUT2D eigenvalue weighted by Gasteiger charge is -2.13. The summed E-state index contributed by atoms with van der Waals surface area (Å²) in [5.74, 6) is -1.43. The van der Waals surface area contributed by atoms with E-state index in [1.165, 1.54) is 0 Å². The van der Waals surface area contributed by atoms with Gasteiger partial charge in [0.25, 0.3) is 0 Å². The number of Topliss-reactive ketones (excluding diaryl/α,β-unsaturated/α-hetero) is 1. The highest BCUT2D eigenvalue weighted by molar-refractivity contribution is 9.09. The second-order valence-corrected chi connectivity index (χ2v) is 3.87. The van der Waals surface area contributed by atoms with Crippen LogP contribution in [0.15, 0.2) is 12.1 Å². The van der Waals surface area contributed by atoms with Crippen LogP contribution in [0.5, 0.6) is 5.75 Å². The van der Waals surface area contributed by atoms with Crippen LogP contribution < -0.4 is 0 Å². The molecule has 0 fully saturated rings. The average Bonchev–Trinajstić information content (AvgIpc) is 2.14. The summed E-state index contributed by atoms with van der Waals surface area (Å²) in [6.07, 6.45) is -4.74. The minimum absolute atomic E-state index is 0.277. The number of halogens is 5. The van der Waals surface area contributed by atoms with Crippen molar-refractivity contribution in [3.8, 4) is 5.75 Å². The predicted molar refractivity (Wildman–Crippen MR) is 56.2 cm³/mol. The summed E-state index contributed by atoms with van der Waals surface area (Å²) in [5, 5.41) is 8.33. The Bertz CT molecular complexity index is 431. The van der Waals surface area contributed by atoms with Crippen molar-refractivity contribution in [3.63, 3.8) is 0 Å². The molecule has 0 saturated heterocycles. The van der Waals surface area contributed by atoms with Gasteiger partial charge in [0, 0.05) is 5.56 Å². The number of benzene rings is 1. The summed E-state index contributed by atoms with van der Waals surface area (Å²) in [4.78, 5) is 11.3. The highest BCUT2D eigenvalue weighted by atomic mass is 79.9. The minimum Gasteiger partial charge on any atom is -0.508 e. The zero-order chi connectivity index (χ0) is 12.5. The fraction of sp³-hybridized carbons (Fsp3) is 0.222. The van der Waals surface area contributed by atoms with Gasteiger partial charge >= 0.3 is 6.18 Å². The van der Waals surface area contributed by atoms with Gasteiger partial charge in [0.2, 0.25) is 0 Å². The van der Waals surface area contributed by atoms with Gasteiger partial charge in [-0.2, -0.15) is 13.2 Å². The Morgan fingerprint density at radius 3 is 2.44 bits per heavy atom. The van der Waals surface area contributed by atoms with Crippen molar-refractivity contribution in [2.24, 2.45) is 0 Å². The Morgan fingerprint density at radius 1 is 1.44 bits per heavy atom. The molecule has 1 N–H and O–H groups in total. The van der Waals surface area contributed by atoms with Crippen LogP contribution in [0.1, 0.15) is 15.9 Å². The number of hydrogen-bond donors (Lipinski definition) is 1. The topological polar surface area (TPSA) is 37.3 Å². The minimum atomic E-state index is -4.74. The van der Waals surface area contributed by atoms with Gasteiger partial charge < -0.3 is 5.11 Å². The number of carbonyl (C=O) groups is 1. The first kappa shape index (κ1) is 13.3. The second kappa shape index (κ2) is 4.63. The Hall–Kier alpha value is -0.750. The number of alkyl halides is 4. The average molecular weight is 317 g/mol. The number of ketones is 1. The summed E-state index contributed by atoms with van der Waals surface area (Å²) in [6.45, 7) is 0. The van der Waals surface area contributed by atoms with E-state index in [0.717, 1.165) is 6.07 Å². The van der Waals surface area contributed by atoms with Crippen molar-refractivity contribution in [1.82, 2.24) is 0 Å². The number of phenols is 1. The second-order valence-electron chi connectivity index (χ2n) is 2.90. The molecule has 0 aliphatic heterocycles. The van der Waals surface area contributed by atoms with E-state index in [-0.39, 0.29) is 5.33 Å². The molecule has 0 heterocycles. The summed E-state index contributed by atoms with van der Waals surface area (Å²) >= 11 is 8.28. The van der Waals surface area contributed by atoms with Crippen LogP contribution in [0.3, 0.4) is 0 Å². The predicted octanol–water partition coefficient (Wildman–Crippen LogP) is 3.64. The first-order valence-electron chi connectivity index (χ1n) is 3.96. The van der Waals surface area contributed by atoms with Crippen molar-refractivity contribution in [2.45, 2.75) is 6.18 Å². The molecule has 1 aromatic rings. The van der Waals surface area contributed by atoms with Crippen molar-refractivity contribution in [1.29, 1.82) is 0 Å². The molecule has 0 unspecified atom stereocenters. The molecule has 0 spiro atoms. The third kappa shape index (κ3) is 2.68. The summed E-state index contributed by atoms with van der Waals surface area (Å²) in [5.41, 5.74) is -1.87. The van der Waals surface area contributed by atoms with Gasteiger partial charge in [-0.05, 0) is 12.1 Å². The maximum Gasteiger partial charge on any atom is 0.417 e. The zero-order valence-corrected chi connectivity index (χ0v) is 9.95. The largest absolute Gasteiger partial charge is 0.508 e. The van der Waals surface area contributed by atoms with Crippen LogP contribution in [0.2, 0.25) is 5.02 Å². The molecular formula is C9H5BrClF3O2. The maximum atomic E-state index is 12.6. The van der Waals surface area contributed by atoms with Gasteiger partial charge in [-0.25, -0.2) is 0 Å². The monoisotopic (exact) mass is 316 g/mol. The lowest BCUT2D eigenvalue weighted by Crippen LogP contribution is -2.14. The van der Waals surface area contributed by atoms with Gasteiger partial charge in [0.15, 0.2) is 5.78 Å². The molecule has 0 aromatic heterocycles. The Morgan fingerprint density at radius 2 is 2.00 bits per heavy atom. The van der Waals surface area contributed by atoms with E-state index >= 15 is 0 Å². The molecule has 1 rings (SSSR count). The lowest BCUT2D eigenvalue weighted by molar-refractivity contribution is -0.138. The standard InChI is InChI=1S/C9H5BrClF3O2/c10-3-7(16)8-5(9(12,13)14)1-4(15)2-6(8)11/h1-2,15H,3H2. The molecular weight excluding hydrogens is 312 g/mol. The maximum absolute atomic E-state index is 12.6. The van der Waals surface area contributed by atoms with Crippen LogP contribution in [-0.4, -0.2) is 16.2 Å². The Labute approximate surface area is 102 Å². The van der Waals surface area contributed by atoms with Gasteiger partial charge in [0.1, 0.15) is 5.75 Å². The van der Waals surface area contributed by atoms with Crippen molar-refractivity contribution in [2.75, 3.05) is 5.33 Å². The number of phenolic OH excluding ortho intramolecular Hbond substituents is 1. The normalized spacial score (nSPS) is 11.6. The van der Waals surface area contributed by atoms with Gasteiger partial charge in [-0.1, -0.05) is 27.5 Å². The molecule has 16 heavy (non-hydrogen) atoms. The summed E-state index contributed by atoms with van der Waals surface area (Å²) < 4.78 is 37.7. The molecule has 0 amide bonds. The highest BCUT2D eigenvalue weighted by Gasteiger charge is 2.36.